The average molecular weight is 534 g/mol. The van der Waals surface area contributed by atoms with E-state index in [1.807, 2.05) is 38.2 Å². The molecule has 0 amide bonds. The Balaban J connectivity index is 0.00000420. The highest BCUT2D eigenvalue weighted by molar-refractivity contribution is 14.0. The van der Waals surface area contributed by atoms with Crippen molar-refractivity contribution >= 4 is 41.3 Å². The van der Waals surface area contributed by atoms with Crippen LogP contribution >= 0.6 is 35.3 Å². The summed E-state index contributed by atoms with van der Waals surface area (Å²) < 4.78 is 16.3. The van der Waals surface area contributed by atoms with Crippen molar-refractivity contribution in [3.05, 3.63) is 40.3 Å². The van der Waals surface area contributed by atoms with E-state index in [-0.39, 0.29) is 30.1 Å². The van der Waals surface area contributed by atoms with E-state index in [9.17, 15) is 0 Å². The minimum atomic E-state index is 0. The van der Waals surface area contributed by atoms with Crippen LogP contribution in [0.4, 0.5) is 0 Å². The van der Waals surface area contributed by atoms with Crippen LogP contribution in [0.2, 0.25) is 0 Å². The molecule has 29 heavy (non-hydrogen) atoms. The molecule has 0 aliphatic rings. The number of nitrogens with one attached hydrogen (secondary N) is 1. The van der Waals surface area contributed by atoms with E-state index in [0.29, 0.717) is 19.7 Å². The lowest BCUT2D eigenvalue weighted by Gasteiger charge is -2.21. The summed E-state index contributed by atoms with van der Waals surface area (Å²) in [6.45, 7) is 6.56. The van der Waals surface area contributed by atoms with Crippen LogP contribution < -0.4 is 14.8 Å². The van der Waals surface area contributed by atoms with E-state index in [2.05, 4.69) is 32.5 Å². The molecule has 0 spiro atoms. The summed E-state index contributed by atoms with van der Waals surface area (Å²) in [5, 5.41) is 6.36. The number of benzene rings is 1. The number of ether oxygens (including phenoxy) is 3. The zero-order valence-corrected chi connectivity index (χ0v) is 20.8. The van der Waals surface area contributed by atoms with Gasteiger partial charge in [0.2, 0.25) is 0 Å². The first-order chi connectivity index (χ1) is 13.6. The Morgan fingerprint density at radius 3 is 2.76 bits per heavy atom. The van der Waals surface area contributed by atoms with E-state index in [0.717, 1.165) is 34.7 Å². The maximum Gasteiger partial charge on any atom is 0.194 e. The van der Waals surface area contributed by atoms with Crippen LogP contribution in [0.25, 0.3) is 0 Å². The molecule has 0 radical (unpaired) electrons. The second-order valence-electron chi connectivity index (χ2n) is 6.17. The van der Waals surface area contributed by atoms with Gasteiger partial charge in [0.25, 0.3) is 0 Å². The van der Waals surface area contributed by atoms with E-state index >= 15 is 0 Å². The Bertz CT molecular complexity index is 757. The second kappa shape index (κ2) is 13.6. The van der Waals surface area contributed by atoms with Gasteiger partial charge in [0.1, 0.15) is 29.2 Å². The van der Waals surface area contributed by atoms with Crippen LogP contribution in [0.5, 0.6) is 11.5 Å². The fourth-order valence-corrected chi connectivity index (χ4v) is 3.32. The normalized spacial score (nSPS) is 12.1. The summed E-state index contributed by atoms with van der Waals surface area (Å²) in [7, 11) is 5.34. The Morgan fingerprint density at radius 2 is 2.07 bits per heavy atom. The van der Waals surface area contributed by atoms with Gasteiger partial charge in [-0.1, -0.05) is 6.07 Å². The van der Waals surface area contributed by atoms with Crippen molar-refractivity contribution in [3.8, 4) is 11.5 Å². The quantitative estimate of drug-likeness (QED) is 0.216. The van der Waals surface area contributed by atoms with Crippen LogP contribution in [0.3, 0.4) is 0 Å². The standard InChI is InChI=1S/C20H30N4O3S.HI/c1-6-21-20(22-10-11-27-18-9-7-8-17(12-18)26-5)24(3)13-16-14-28-19(23-16)15(2)25-4;/h7-9,12,14-15H,6,10-11,13H2,1-5H3,(H,21,22);1H. The number of aliphatic imine (C=N–C) groups is 1. The highest BCUT2D eigenvalue weighted by Crippen LogP contribution is 2.21. The third-order valence-electron chi connectivity index (χ3n) is 4.03. The molecule has 0 saturated carbocycles. The van der Waals surface area contributed by atoms with E-state index in [1.165, 1.54) is 0 Å². The van der Waals surface area contributed by atoms with Gasteiger partial charge in [0.05, 0.1) is 25.9 Å². The number of nitrogens with zero attached hydrogens (tertiary/aromatic N) is 3. The van der Waals surface area contributed by atoms with Gasteiger partial charge in [-0.3, -0.25) is 0 Å². The summed E-state index contributed by atoms with van der Waals surface area (Å²) in [6.07, 6.45) is 0.0136. The van der Waals surface area contributed by atoms with E-state index < -0.39 is 0 Å². The molecule has 0 fully saturated rings. The van der Waals surface area contributed by atoms with Gasteiger partial charge in [0, 0.05) is 32.1 Å². The molecule has 1 heterocycles. The Labute approximate surface area is 194 Å². The third kappa shape index (κ3) is 8.35. The largest absolute Gasteiger partial charge is 0.497 e. The molecular formula is C20H31IN4O3S. The minimum absolute atomic E-state index is 0. The molecule has 2 rings (SSSR count). The molecule has 162 valence electrons. The maximum atomic E-state index is 5.76. The molecule has 0 aliphatic carbocycles. The van der Waals surface area contributed by atoms with Crippen LogP contribution in [0.15, 0.2) is 34.6 Å². The topological polar surface area (TPSA) is 68.2 Å². The average Bonchev–Trinajstić information content (AvgIpc) is 3.18. The Hall–Kier alpha value is -1.59. The molecule has 0 aliphatic heterocycles. The molecular weight excluding hydrogens is 503 g/mol. The number of thiazole rings is 1. The molecule has 1 aromatic carbocycles. The van der Waals surface area contributed by atoms with Crippen molar-refractivity contribution in [1.82, 2.24) is 15.2 Å². The minimum Gasteiger partial charge on any atom is -0.497 e. The predicted molar refractivity (Wildman–Crippen MR) is 129 cm³/mol. The molecule has 0 saturated heterocycles. The van der Waals surface area contributed by atoms with Gasteiger partial charge in [-0.15, -0.1) is 35.3 Å². The van der Waals surface area contributed by atoms with Gasteiger partial charge in [-0.25, -0.2) is 9.98 Å². The van der Waals surface area contributed by atoms with E-state index in [1.54, 1.807) is 25.6 Å². The first-order valence-electron chi connectivity index (χ1n) is 9.30. The number of hydrogen-bond donors (Lipinski definition) is 1. The lowest BCUT2D eigenvalue weighted by atomic mass is 10.3. The van der Waals surface area contributed by atoms with Gasteiger partial charge >= 0.3 is 0 Å². The molecule has 1 N–H and O–H groups in total. The van der Waals surface area contributed by atoms with Gasteiger partial charge in [0.15, 0.2) is 5.96 Å². The SMILES string of the molecule is CCNC(=NCCOc1cccc(OC)c1)N(C)Cc1csc(C(C)OC)n1.I. The van der Waals surface area contributed by atoms with Crippen molar-refractivity contribution < 1.29 is 14.2 Å². The number of methoxy groups -OCH3 is 2. The van der Waals surface area contributed by atoms with Crippen LogP contribution in [-0.2, 0) is 11.3 Å². The monoisotopic (exact) mass is 534 g/mol. The van der Waals surface area contributed by atoms with Gasteiger partial charge in [-0.2, -0.15) is 0 Å². The summed E-state index contributed by atoms with van der Waals surface area (Å²) in [5.74, 6) is 2.38. The molecule has 0 bridgehead atoms. The first kappa shape index (κ1) is 25.4. The molecule has 1 unspecified atom stereocenters. The van der Waals surface area contributed by atoms with Crippen molar-refractivity contribution in [1.29, 1.82) is 0 Å². The van der Waals surface area contributed by atoms with Crippen LogP contribution in [0, 0.1) is 0 Å². The maximum absolute atomic E-state index is 5.76. The second-order valence-corrected chi connectivity index (χ2v) is 7.06. The molecule has 1 aromatic heterocycles. The van der Waals surface area contributed by atoms with Crippen LogP contribution in [0.1, 0.15) is 30.7 Å². The first-order valence-corrected chi connectivity index (χ1v) is 10.2. The third-order valence-corrected chi connectivity index (χ3v) is 5.08. The van der Waals surface area contributed by atoms with Crippen molar-refractivity contribution in [2.75, 3.05) is 41.0 Å². The molecule has 1 atom stereocenters. The number of halogens is 1. The predicted octanol–water partition coefficient (Wildman–Crippen LogP) is 3.95. The van der Waals surface area contributed by atoms with E-state index in [4.69, 9.17) is 14.2 Å². The molecule has 2 aromatic rings. The van der Waals surface area contributed by atoms with Crippen molar-refractivity contribution in [3.63, 3.8) is 0 Å². The highest BCUT2D eigenvalue weighted by atomic mass is 127. The van der Waals surface area contributed by atoms with Gasteiger partial charge in [-0.05, 0) is 26.0 Å². The Kier molecular flexibility index (Phi) is 11.9. The smallest absolute Gasteiger partial charge is 0.194 e. The van der Waals surface area contributed by atoms with Crippen molar-refractivity contribution in [2.24, 2.45) is 4.99 Å². The fraction of sp³-hybridized carbons (Fsp3) is 0.500. The Morgan fingerprint density at radius 1 is 1.31 bits per heavy atom. The van der Waals surface area contributed by atoms with Crippen molar-refractivity contribution in [2.45, 2.75) is 26.5 Å². The summed E-state index contributed by atoms with van der Waals surface area (Å²) >= 11 is 1.62. The van der Waals surface area contributed by atoms with Gasteiger partial charge < -0.3 is 24.4 Å². The zero-order chi connectivity index (χ0) is 20.4. The number of guanidine groups is 1. The lowest BCUT2D eigenvalue weighted by Crippen LogP contribution is -2.38. The summed E-state index contributed by atoms with van der Waals surface area (Å²) in [6, 6.07) is 7.56. The number of hydrogen-bond acceptors (Lipinski definition) is 6. The number of rotatable bonds is 10. The lowest BCUT2D eigenvalue weighted by molar-refractivity contribution is 0.119. The van der Waals surface area contributed by atoms with Crippen LogP contribution in [-0.4, -0.2) is 56.8 Å². The number of aromatic nitrogens is 1. The molecule has 7 nitrogen and oxygen atoms in total. The molecule has 9 heteroatoms. The summed E-state index contributed by atoms with van der Waals surface area (Å²) in [5.41, 5.74) is 1.00. The fourth-order valence-electron chi connectivity index (χ4n) is 2.48. The summed E-state index contributed by atoms with van der Waals surface area (Å²) in [4.78, 5) is 11.4. The highest BCUT2D eigenvalue weighted by Gasteiger charge is 2.12. The zero-order valence-electron chi connectivity index (χ0n) is 17.7.